The lowest BCUT2D eigenvalue weighted by atomic mass is 10.1. The van der Waals surface area contributed by atoms with E-state index >= 15 is 0 Å². The maximum absolute atomic E-state index is 11.9. The summed E-state index contributed by atoms with van der Waals surface area (Å²) < 4.78 is 9.80. The molecule has 0 aliphatic heterocycles. The summed E-state index contributed by atoms with van der Waals surface area (Å²) in [5, 5.41) is 7.53. The zero-order chi connectivity index (χ0) is 18.7. The molecular formula is C18H16N2O5S. The fourth-order valence-electron chi connectivity index (χ4n) is 2.41. The molecule has 7 nitrogen and oxygen atoms in total. The van der Waals surface area contributed by atoms with Gasteiger partial charge in [0.15, 0.2) is 0 Å². The second-order valence-corrected chi connectivity index (χ2v) is 6.31. The van der Waals surface area contributed by atoms with E-state index in [1.807, 2.05) is 24.3 Å². The Morgan fingerprint density at radius 2 is 1.73 bits per heavy atom. The number of hydrogen-bond donors (Lipinski definition) is 2. The van der Waals surface area contributed by atoms with Gasteiger partial charge in [0.05, 0.1) is 19.9 Å². The van der Waals surface area contributed by atoms with Gasteiger partial charge in [0.25, 0.3) is 10.9 Å². The van der Waals surface area contributed by atoms with Crippen molar-refractivity contribution in [2.75, 3.05) is 24.9 Å². The van der Waals surface area contributed by atoms with E-state index in [1.165, 1.54) is 18.4 Å². The van der Waals surface area contributed by atoms with Crippen LogP contribution in [0.5, 0.6) is 5.75 Å². The maximum atomic E-state index is 11.9. The molecule has 134 valence electrons. The number of benzene rings is 1. The topological polar surface area (TPSA) is 93.7 Å². The molecule has 0 saturated heterocycles. The van der Waals surface area contributed by atoms with Crippen LogP contribution in [0.3, 0.4) is 0 Å². The molecule has 3 rings (SSSR count). The van der Waals surface area contributed by atoms with E-state index in [-0.39, 0.29) is 11.4 Å². The van der Waals surface area contributed by atoms with Gasteiger partial charge in [0.2, 0.25) is 0 Å². The summed E-state index contributed by atoms with van der Waals surface area (Å²) >= 11 is 1.19. The van der Waals surface area contributed by atoms with Gasteiger partial charge in [-0.3, -0.25) is 9.59 Å². The Morgan fingerprint density at radius 3 is 2.38 bits per heavy atom. The molecule has 0 bridgehead atoms. The predicted molar refractivity (Wildman–Crippen MR) is 101 cm³/mol. The molecule has 0 fully saturated rings. The van der Waals surface area contributed by atoms with Crippen molar-refractivity contribution in [2.24, 2.45) is 0 Å². The van der Waals surface area contributed by atoms with Crippen LogP contribution in [0.25, 0.3) is 0 Å². The van der Waals surface area contributed by atoms with Crippen LogP contribution >= 0.6 is 11.3 Å². The molecule has 0 spiro atoms. The van der Waals surface area contributed by atoms with Gasteiger partial charge >= 0.3 is 5.97 Å². The van der Waals surface area contributed by atoms with Crippen molar-refractivity contribution in [1.29, 1.82) is 0 Å². The van der Waals surface area contributed by atoms with Gasteiger partial charge in [-0.25, -0.2) is 4.79 Å². The smallest absolute Gasteiger partial charge is 0.350 e. The summed E-state index contributed by atoms with van der Waals surface area (Å²) in [6.07, 6.45) is 0. The normalized spacial score (nSPS) is 10.5. The molecule has 3 aromatic rings. The zero-order valence-corrected chi connectivity index (χ0v) is 14.9. The Hall–Kier alpha value is -3.13. The number of thiophene rings is 1. The van der Waals surface area contributed by atoms with Gasteiger partial charge in [0, 0.05) is 6.54 Å². The lowest BCUT2D eigenvalue weighted by molar-refractivity contribution is 0.0607. The summed E-state index contributed by atoms with van der Waals surface area (Å²) in [5.74, 6) is 0.229. The summed E-state index contributed by atoms with van der Waals surface area (Å²) in [5.41, 5.74) is 0.497. The quantitative estimate of drug-likeness (QED) is 0.486. The van der Waals surface area contributed by atoms with Crippen molar-refractivity contribution >= 4 is 34.4 Å². The number of methoxy groups -OCH3 is 2. The molecule has 2 aromatic carbocycles. The highest BCUT2D eigenvalue weighted by Crippen LogP contribution is 2.28. The fourth-order valence-corrected chi connectivity index (χ4v) is 3.17. The third-order valence-corrected chi connectivity index (χ3v) is 4.73. The highest BCUT2D eigenvalue weighted by atomic mass is 32.1. The highest BCUT2D eigenvalue weighted by Gasteiger charge is 2.23. The molecule has 0 amide bonds. The van der Waals surface area contributed by atoms with Crippen LogP contribution in [-0.4, -0.2) is 20.2 Å². The number of carbonyl (C=O) groups excluding carboxylic acids is 1. The van der Waals surface area contributed by atoms with E-state index < -0.39 is 16.8 Å². The average molecular weight is 372 g/mol. The number of nitrogens with one attached hydrogen (secondary N) is 2. The Balaban J connectivity index is 1.75. The van der Waals surface area contributed by atoms with E-state index in [0.717, 1.165) is 11.3 Å². The predicted octanol–water partition coefficient (Wildman–Crippen LogP) is 2.50. The molecule has 0 radical (unpaired) electrons. The Bertz CT molecular complexity index is 1000. The van der Waals surface area contributed by atoms with Crippen molar-refractivity contribution in [3.8, 4) is 5.75 Å². The number of rotatable bonds is 7. The van der Waals surface area contributed by atoms with Crippen LogP contribution in [0.15, 0.2) is 45.3 Å². The third-order valence-electron chi connectivity index (χ3n) is 3.83. The molecule has 26 heavy (non-hydrogen) atoms. The highest BCUT2D eigenvalue weighted by molar-refractivity contribution is 7.12. The largest absolute Gasteiger partial charge is 0.497 e. The Kier molecular flexibility index (Phi) is 5.04. The zero-order valence-electron chi connectivity index (χ0n) is 14.1. The van der Waals surface area contributed by atoms with Crippen LogP contribution in [0, 0.1) is 0 Å². The summed E-state index contributed by atoms with van der Waals surface area (Å²) in [7, 11) is 2.87. The molecular weight excluding hydrogens is 356 g/mol. The van der Waals surface area contributed by atoms with Crippen LogP contribution in [0.4, 0.5) is 17.1 Å². The number of ether oxygens (including phenoxy) is 2. The molecule has 0 unspecified atom stereocenters. The average Bonchev–Trinajstić information content (AvgIpc) is 3.15. The van der Waals surface area contributed by atoms with Gasteiger partial charge in [0.1, 0.15) is 22.0 Å². The minimum atomic E-state index is -0.621. The molecule has 8 heteroatoms. The first kappa shape index (κ1) is 17.7. The first-order valence-electron chi connectivity index (χ1n) is 7.68. The SMILES string of the molecule is COC(=O)c1sccc1Nc1c(NCc2ccc(OC)cc2)c(=O)c1=O. The molecule has 2 N–H and O–H groups in total. The number of esters is 1. The summed E-state index contributed by atoms with van der Waals surface area (Å²) in [4.78, 5) is 35.8. The minimum Gasteiger partial charge on any atom is -0.497 e. The molecule has 0 aliphatic rings. The third kappa shape index (κ3) is 3.31. The minimum absolute atomic E-state index is 0.145. The second-order valence-electron chi connectivity index (χ2n) is 5.39. The van der Waals surface area contributed by atoms with Gasteiger partial charge in [-0.1, -0.05) is 12.1 Å². The number of anilines is 3. The van der Waals surface area contributed by atoms with Gasteiger partial charge in [-0.15, -0.1) is 11.3 Å². The van der Waals surface area contributed by atoms with Crippen molar-refractivity contribution in [3.63, 3.8) is 0 Å². The van der Waals surface area contributed by atoms with Crippen LogP contribution in [-0.2, 0) is 11.3 Å². The molecule has 0 aliphatic carbocycles. The van der Waals surface area contributed by atoms with Crippen LogP contribution in [0.2, 0.25) is 0 Å². The standard InChI is InChI=1S/C18H16N2O5S/c1-24-11-5-3-10(4-6-11)9-19-13-14(16(22)15(13)21)20-12-7-8-26-17(12)18(23)25-2/h3-8,19-20H,9H2,1-2H3. The first-order valence-corrected chi connectivity index (χ1v) is 8.56. The molecule has 0 saturated carbocycles. The van der Waals surface area contributed by atoms with E-state index in [0.29, 0.717) is 17.1 Å². The summed E-state index contributed by atoms with van der Waals surface area (Å²) in [6, 6.07) is 9.00. The van der Waals surface area contributed by atoms with Crippen molar-refractivity contribution in [2.45, 2.75) is 6.54 Å². The Morgan fingerprint density at radius 1 is 1.04 bits per heavy atom. The number of hydrogen-bond acceptors (Lipinski definition) is 8. The first-order chi connectivity index (χ1) is 12.5. The lowest BCUT2D eigenvalue weighted by Crippen LogP contribution is -2.36. The van der Waals surface area contributed by atoms with E-state index in [2.05, 4.69) is 10.6 Å². The van der Waals surface area contributed by atoms with E-state index in [4.69, 9.17) is 9.47 Å². The van der Waals surface area contributed by atoms with E-state index in [9.17, 15) is 14.4 Å². The Labute approximate surface area is 152 Å². The second kappa shape index (κ2) is 7.40. The van der Waals surface area contributed by atoms with Crippen molar-refractivity contribution in [3.05, 3.63) is 66.6 Å². The maximum Gasteiger partial charge on any atom is 0.350 e. The van der Waals surface area contributed by atoms with Crippen molar-refractivity contribution < 1.29 is 14.3 Å². The van der Waals surface area contributed by atoms with Gasteiger partial charge in [-0.2, -0.15) is 0 Å². The van der Waals surface area contributed by atoms with Crippen molar-refractivity contribution in [1.82, 2.24) is 0 Å². The number of carbonyl (C=O) groups is 1. The van der Waals surface area contributed by atoms with E-state index in [1.54, 1.807) is 18.6 Å². The molecule has 0 atom stereocenters. The lowest BCUT2D eigenvalue weighted by Gasteiger charge is -2.15. The van der Waals surface area contributed by atoms with Crippen LogP contribution < -0.4 is 26.2 Å². The van der Waals surface area contributed by atoms with Gasteiger partial charge in [-0.05, 0) is 29.1 Å². The van der Waals surface area contributed by atoms with Crippen LogP contribution in [0.1, 0.15) is 15.2 Å². The summed E-state index contributed by atoms with van der Waals surface area (Å²) in [6.45, 7) is 0.372. The fraction of sp³-hybridized carbons (Fsp3) is 0.167. The monoisotopic (exact) mass is 372 g/mol. The molecule has 1 aromatic heterocycles. The van der Waals surface area contributed by atoms with Gasteiger partial charge < -0.3 is 20.1 Å². The molecule has 1 heterocycles.